The Morgan fingerprint density at radius 1 is 1.11 bits per heavy atom. The van der Waals surface area contributed by atoms with Gasteiger partial charge in [-0.2, -0.15) is 0 Å². The summed E-state index contributed by atoms with van der Waals surface area (Å²) in [5.74, 6) is 0. The average molecular weight is 243 g/mol. The Bertz CT molecular complexity index is 504. The van der Waals surface area contributed by atoms with Crippen LogP contribution in [0.3, 0.4) is 0 Å². The van der Waals surface area contributed by atoms with Gasteiger partial charge in [0.1, 0.15) is 0 Å². The highest BCUT2D eigenvalue weighted by atomic mass is 16.5. The second-order valence-electron chi connectivity index (χ2n) is 4.69. The first-order valence-corrected chi connectivity index (χ1v) is 6.44. The monoisotopic (exact) mass is 243 g/mol. The number of nitrogens with one attached hydrogen (secondary N) is 1. The third-order valence-electron chi connectivity index (χ3n) is 3.52. The van der Waals surface area contributed by atoms with E-state index in [1.807, 2.05) is 7.05 Å². The first kappa shape index (κ1) is 13.1. The van der Waals surface area contributed by atoms with Gasteiger partial charge in [-0.15, -0.1) is 0 Å². The van der Waals surface area contributed by atoms with Crippen molar-refractivity contribution in [2.75, 3.05) is 14.2 Å². The lowest BCUT2D eigenvalue weighted by molar-refractivity contribution is 0.101. The minimum Gasteiger partial charge on any atom is -0.382 e. The van der Waals surface area contributed by atoms with Crippen LogP contribution in [0.5, 0.6) is 0 Å². The van der Waals surface area contributed by atoms with E-state index in [0.29, 0.717) is 6.04 Å². The fraction of sp³-hybridized carbons (Fsp3) is 0.375. The molecule has 2 nitrogen and oxygen atoms in total. The summed E-state index contributed by atoms with van der Waals surface area (Å²) in [6, 6.07) is 15.3. The zero-order valence-corrected chi connectivity index (χ0v) is 11.3. The van der Waals surface area contributed by atoms with Crippen LogP contribution in [0.4, 0.5) is 0 Å². The van der Waals surface area contributed by atoms with E-state index < -0.39 is 0 Å². The molecule has 2 aromatic carbocycles. The summed E-state index contributed by atoms with van der Waals surface area (Å²) in [6.45, 7) is 2.11. The summed E-state index contributed by atoms with van der Waals surface area (Å²) in [7, 11) is 3.77. The maximum atomic E-state index is 5.38. The summed E-state index contributed by atoms with van der Waals surface area (Å²) < 4.78 is 5.38. The molecule has 0 amide bonds. The van der Waals surface area contributed by atoms with E-state index in [1.54, 1.807) is 7.11 Å². The van der Waals surface area contributed by atoms with E-state index in [1.165, 1.54) is 16.3 Å². The molecule has 0 heterocycles. The van der Waals surface area contributed by atoms with E-state index in [2.05, 4.69) is 54.7 Å². The quantitative estimate of drug-likeness (QED) is 0.867. The first-order chi connectivity index (χ1) is 8.76. The molecule has 0 saturated carbocycles. The molecule has 0 aromatic heterocycles. The van der Waals surface area contributed by atoms with Crippen LogP contribution < -0.4 is 5.32 Å². The zero-order chi connectivity index (χ0) is 13.0. The highest BCUT2D eigenvalue weighted by Crippen LogP contribution is 2.27. The molecule has 2 rings (SSSR count). The molecular formula is C16H21NO. The maximum Gasteiger partial charge on any atom is 0.0561 e. The minimum atomic E-state index is 0.251. The standard InChI is InChI=1S/C16H21NO/c1-12(18-3)11-16(17-2)15-10-6-8-13-7-4-5-9-14(13)15/h4-10,12,16-17H,11H2,1-3H3. The van der Waals surface area contributed by atoms with Gasteiger partial charge in [-0.3, -0.25) is 0 Å². The smallest absolute Gasteiger partial charge is 0.0561 e. The summed E-state index contributed by atoms with van der Waals surface area (Å²) in [5, 5.41) is 6.01. The first-order valence-electron chi connectivity index (χ1n) is 6.44. The normalized spacial score (nSPS) is 14.6. The van der Waals surface area contributed by atoms with Crippen molar-refractivity contribution < 1.29 is 4.74 Å². The Balaban J connectivity index is 2.38. The van der Waals surface area contributed by atoms with Crippen LogP contribution in [0.15, 0.2) is 42.5 Å². The summed E-state index contributed by atoms with van der Waals surface area (Å²) in [4.78, 5) is 0. The predicted octanol–water partition coefficient (Wildman–Crippen LogP) is 3.53. The lowest BCUT2D eigenvalue weighted by Crippen LogP contribution is -2.22. The summed E-state index contributed by atoms with van der Waals surface area (Å²) in [6.07, 6.45) is 1.22. The number of benzene rings is 2. The number of rotatable bonds is 5. The molecule has 0 aliphatic carbocycles. The van der Waals surface area contributed by atoms with Gasteiger partial charge in [0.15, 0.2) is 0 Å². The molecule has 0 spiro atoms. The predicted molar refractivity (Wildman–Crippen MR) is 76.8 cm³/mol. The van der Waals surface area contributed by atoms with Gasteiger partial charge in [0, 0.05) is 13.2 Å². The van der Waals surface area contributed by atoms with E-state index in [9.17, 15) is 0 Å². The van der Waals surface area contributed by atoms with Crippen molar-refractivity contribution in [3.05, 3.63) is 48.0 Å². The second kappa shape index (κ2) is 5.98. The van der Waals surface area contributed by atoms with Gasteiger partial charge in [0.25, 0.3) is 0 Å². The Hall–Kier alpha value is -1.38. The molecule has 0 bridgehead atoms. The van der Waals surface area contributed by atoms with Crippen molar-refractivity contribution in [3.8, 4) is 0 Å². The number of methoxy groups -OCH3 is 1. The number of hydrogen-bond acceptors (Lipinski definition) is 2. The van der Waals surface area contributed by atoms with Gasteiger partial charge in [0.05, 0.1) is 6.10 Å². The average Bonchev–Trinajstić information content (AvgIpc) is 2.44. The molecule has 0 aliphatic rings. The molecule has 0 saturated heterocycles. The zero-order valence-electron chi connectivity index (χ0n) is 11.3. The Labute approximate surface area is 109 Å². The van der Waals surface area contributed by atoms with Crippen molar-refractivity contribution >= 4 is 10.8 Å². The molecule has 0 radical (unpaired) electrons. The largest absolute Gasteiger partial charge is 0.382 e. The highest BCUT2D eigenvalue weighted by molar-refractivity contribution is 5.86. The molecule has 2 unspecified atom stereocenters. The summed E-state index contributed by atoms with van der Waals surface area (Å²) >= 11 is 0. The van der Waals surface area contributed by atoms with Crippen LogP contribution in [-0.4, -0.2) is 20.3 Å². The molecule has 2 atom stereocenters. The molecule has 0 fully saturated rings. The molecule has 18 heavy (non-hydrogen) atoms. The number of ether oxygens (including phenoxy) is 1. The van der Waals surface area contributed by atoms with E-state index in [4.69, 9.17) is 4.74 Å². The van der Waals surface area contributed by atoms with Crippen LogP contribution in [0.1, 0.15) is 24.9 Å². The van der Waals surface area contributed by atoms with Crippen molar-refractivity contribution in [1.82, 2.24) is 5.32 Å². The summed E-state index contributed by atoms with van der Waals surface area (Å²) in [5.41, 5.74) is 1.35. The van der Waals surface area contributed by atoms with Crippen molar-refractivity contribution in [1.29, 1.82) is 0 Å². The van der Waals surface area contributed by atoms with Gasteiger partial charge in [-0.05, 0) is 36.7 Å². The van der Waals surface area contributed by atoms with Crippen molar-refractivity contribution in [3.63, 3.8) is 0 Å². The number of hydrogen-bond donors (Lipinski definition) is 1. The third-order valence-corrected chi connectivity index (χ3v) is 3.52. The fourth-order valence-corrected chi connectivity index (χ4v) is 2.38. The highest BCUT2D eigenvalue weighted by Gasteiger charge is 2.15. The fourth-order valence-electron chi connectivity index (χ4n) is 2.38. The van der Waals surface area contributed by atoms with Gasteiger partial charge >= 0.3 is 0 Å². The molecule has 2 aromatic rings. The third kappa shape index (κ3) is 2.71. The van der Waals surface area contributed by atoms with Gasteiger partial charge in [-0.25, -0.2) is 0 Å². The molecule has 1 N–H and O–H groups in total. The van der Waals surface area contributed by atoms with E-state index in [-0.39, 0.29) is 6.10 Å². The van der Waals surface area contributed by atoms with Gasteiger partial charge in [-0.1, -0.05) is 42.5 Å². The van der Waals surface area contributed by atoms with Crippen LogP contribution in [-0.2, 0) is 4.74 Å². The van der Waals surface area contributed by atoms with E-state index in [0.717, 1.165) is 6.42 Å². The van der Waals surface area contributed by atoms with Gasteiger partial charge in [0.2, 0.25) is 0 Å². The Morgan fingerprint density at radius 3 is 2.56 bits per heavy atom. The topological polar surface area (TPSA) is 21.3 Å². The van der Waals surface area contributed by atoms with Crippen molar-refractivity contribution in [2.24, 2.45) is 0 Å². The van der Waals surface area contributed by atoms with Crippen molar-refractivity contribution in [2.45, 2.75) is 25.5 Å². The minimum absolute atomic E-state index is 0.251. The molecular weight excluding hydrogens is 222 g/mol. The lowest BCUT2D eigenvalue weighted by atomic mass is 9.95. The maximum absolute atomic E-state index is 5.38. The Kier molecular flexibility index (Phi) is 4.34. The lowest BCUT2D eigenvalue weighted by Gasteiger charge is -2.21. The Morgan fingerprint density at radius 2 is 1.83 bits per heavy atom. The van der Waals surface area contributed by atoms with Crippen LogP contribution in [0, 0.1) is 0 Å². The second-order valence-corrected chi connectivity index (χ2v) is 4.69. The molecule has 0 aliphatic heterocycles. The van der Waals surface area contributed by atoms with Crippen LogP contribution >= 0.6 is 0 Å². The van der Waals surface area contributed by atoms with Gasteiger partial charge < -0.3 is 10.1 Å². The molecule has 2 heteroatoms. The SMILES string of the molecule is CNC(CC(C)OC)c1cccc2ccccc12. The number of fused-ring (bicyclic) bond motifs is 1. The van der Waals surface area contributed by atoms with Crippen LogP contribution in [0.25, 0.3) is 10.8 Å². The van der Waals surface area contributed by atoms with E-state index >= 15 is 0 Å². The molecule has 96 valence electrons. The van der Waals surface area contributed by atoms with Crippen LogP contribution in [0.2, 0.25) is 0 Å².